The van der Waals surface area contributed by atoms with Gasteiger partial charge in [0.05, 0.1) is 0 Å². The Labute approximate surface area is 196 Å². The van der Waals surface area contributed by atoms with Crippen molar-refractivity contribution in [1.82, 2.24) is 10.2 Å². The lowest BCUT2D eigenvalue weighted by molar-refractivity contribution is -0.142. The minimum absolute atomic E-state index is 0.0598. The third-order valence-corrected chi connectivity index (χ3v) is 5.97. The van der Waals surface area contributed by atoms with Crippen molar-refractivity contribution in [3.8, 4) is 5.75 Å². The van der Waals surface area contributed by atoms with Crippen molar-refractivity contribution in [3.05, 3.63) is 78.4 Å². The lowest BCUT2D eigenvalue weighted by Gasteiger charge is -2.31. The standard InChI is InChI=1S/C28H34N2O3/c1-4-21(3)29-28(32)25(5-2)30(19-18-22-12-7-6-8-13-22)27(31)20-33-26-17-11-15-23-14-9-10-16-24(23)26/h6-17,21,25H,4-5,18-20H2,1-3H3,(H,29,32)/t21-,25-/m1/s1. The molecule has 0 saturated carbocycles. The van der Waals surface area contributed by atoms with Crippen LogP contribution >= 0.6 is 0 Å². The first-order chi connectivity index (χ1) is 16.0. The van der Waals surface area contributed by atoms with Crippen molar-refractivity contribution in [1.29, 1.82) is 0 Å². The molecule has 0 bridgehead atoms. The van der Waals surface area contributed by atoms with Crippen LogP contribution in [0.1, 0.15) is 39.2 Å². The van der Waals surface area contributed by atoms with E-state index in [2.05, 4.69) is 5.32 Å². The Morgan fingerprint density at radius 3 is 2.33 bits per heavy atom. The second-order valence-corrected chi connectivity index (χ2v) is 8.33. The van der Waals surface area contributed by atoms with Gasteiger partial charge in [-0.2, -0.15) is 0 Å². The van der Waals surface area contributed by atoms with Gasteiger partial charge in [0.15, 0.2) is 6.61 Å². The van der Waals surface area contributed by atoms with Crippen LogP contribution in [0.15, 0.2) is 72.8 Å². The van der Waals surface area contributed by atoms with Crippen LogP contribution < -0.4 is 10.1 Å². The highest BCUT2D eigenvalue weighted by molar-refractivity contribution is 5.90. The van der Waals surface area contributed by atoms with E-state index in [0.717, 1.165) is 22.8 Å². The molecule has 0 unspecified atom stereocenters. The Balaban J connectivity index is 1.77. The third-order valence-electron chi connectivity index (χ3n) is 5.97. The molecule has 2 amide bonds. The van der Waals surface area contributed by atoms with Gasteiger partial charge in [-0.3, -0.25) is 9.59 Å². The Bertz CT molecular complexity index is 1050. The van der Waals surface area contributed by atoms with Crippen LogP contribution in [0.5, 0.6) is 5.75 Å². The van der Waals surface area contributed by atoms with Gasteiger partial charge in [-0.25, -0.2) is 0 Å². The summed E-state index contributed by atoms with van der Waals surface area (Å²) in [5.41, 5.74) is 1.13. The summed E-state index contributed by atoms with van der Waals surface area (Å²) in [4.78, 5) is 28.0. The van der Waals surface area contributed by atoms with Crippen LogP contribution in [-0.2, 0) is 16.0 Å². The summed E-state index contributed by atoms with van der Waals surface area (Å²) in [6.07, 6.45) is 2.05. The molecule has 2 atom stereocenters. The van der Waals surface area contributed by atoms with Crippen LogP contribution in [0.25, 0.3) is 10.8 Å². The van der Waals surface area contributed by atoms with Gasteiger partial charge in [0.25, 0.3) is 5.91 Å². The molecule has 0 aromatic heterocycles. The molecule has 174 valence electrons. The molecule has 0 spiro atoms. The van der Waals surface area contributed by atoms with E-state index in [-0.39, 0.29) is 24.5 Å². The largest absolute Gasteiger partial charge is 0.483 e. The first-order valence-electron chi connectivity index (χ1n) is 11.8. The fourth-order valence-electron chi connectivity index (χ4n) is 3.88. The van der Waals surface area contributed by atoms with Gasteiger partial charge in [-0.1, -0.05) is 80.6 Å². The minimum atomic E-state index is -0.536. The molecule has 3 aromatic rings. The predicted octanol–water partition coefficient (Wildman–Crippen LogP) is 4.98. The molecule has 0 aliphatic rings. The van der Waals surface area contributed by atoms with E-state index < -0.39 is 6.04 Å². The van der Waals surface area contributed by atoms with Gasteiger partial charge in [0, 0.05) is 18.0 Å². The van der Waals surface area contributed by atoms with E-state index in [1.807, 2.05) is 93.6 Å². The molecule has 33 heavy (non-hydrogen) atoms. The molecule has 0 aliphatic carbocycles. The molecule has 1 N–H and O–H groups in total. The highest BCUT2D eigenvalue weighted by atomic mass is 16.5. The zero-order valence-corrected chi connectivity index (χ0v) is 19.8. The average molecular weight is 447 g/mol. The van der Waals surface area contributed by atoms with Gasteiger partial charge in [0.2, 0.25) is 5.91 Å². The zero-order chi connectivity index (χ0) is 23.6. The molecule has 0 heterocycles. The first kappa shape index (κ1) is 24.3. The van der Waals surface area contributed by atoms with Crippen LogP contribution in [0.3, 0.4) is 0 Å². The second kappa shape index (κ2) is 12.0. The average Bonchev–Trinajstić information content (AvgIpc) is 2.85. The van der Waals surface area contributed by atoms with Crippen LogP contribution in [-0.4, -0.2) is 41.9 Å². The van der Waals surface area contributed by atoms with Gasteiger partial charge < -0.3 is 15.0 Å². The summed E-state index contributed by atoms with van der Waals surface area (Å²) >= 11 is 0. The monoisotopic (exact) mass is 446 g/mol. The Kier molecular flexibility index (Phi) is 8.87. The maximum Gasteiger partial charge on any atom is 0.261 e. The number of amides is 2. The molecular formula is C28H34N2O3. The zero-order valence-electron chi connectivity index (χ0n) is 19.8. The highest BCUT2D eigenvalue weighted by Gasteiger charge is 2.29. The van der Waals surface area contributed by atoms with E-state index in [1.165, 1.54) is 0 Å². The molecule has 0 saturated heterocycles. The van der Waals surface area contributed by atoms with Gasteiger partial charge >= 0.3 is 0 Å². The van der Waals surface area contributed by atoms with Crippen molar-refractivity contribution in [3.63, 3.8) is 0 Å². The topological polar surface area (TPSA) is 58.6 Å². The highest BCUT2D eigenvalue weighted by Crippen LogP contribution is 2.25. The number of hydrogen-bond acceptors (Lipinski definition) is 3. The summed E-state index contributed by atoms with van der Waals surface area (Å²) in [6.45, 7) is 6.28. The number of benzene rings is 3. The lowest BCUT2D eigenvalue weighted by atomic mass is 10.1. The SMILES string of the molecule is CC[C@@H](C)NC(=O)[C@@H](CC)N(CCc1ccccc1)C(=O)COc1cccc2ccccc12. The number of ether oxygens (including phenoxy) is 1. The number of hydrogen-bond donors (Lipinski definition) is 1. The van der Waals surface area contributed by atoms with Crippen molar-refractivity contribution in [2.24, 2.45) is 0 Å². The van der Waals surface area contributed by atoms with Crippen molar-refractivity contribution in [2.45, 2.75) is 52.1 Å². The fraction of sp³-hybridized carbons (Fsp3) is 0.357. The first-order valence-corrected chi connectivity index (χ1v) is 11.8. The van der Waals surface area contributed by atoms with Crippen molar-refractivity contribution in [2.75, 3.05) is 13.2 Å². The maximum absolute atomic E-state index is 13.4. The van der Waals surface area contributed by atoms with E-state index in [9.17, 15) is 9.59 Å². The van der Waals surface area contributed by atoms with Crippen LogP contribution in [0.2, 0.25) is 0 Å². The second-order valence-electron chi connectivity index (χ2n) is 8.33. The molecule has 0 radical (unpaired) electrons. The quantitative estimate of drug-likeness (QED) is 0.452. The molecule has 0 fully saturated rings. The number of carbonyl (C=O) groups is 2. The lowest BCUT2D eigenvalue weighted by Crippen LogP contribution is -2.52. The van der Waals surface area contributed by atoms with E-state index in [1.54, 1.807) is 4.90 Å². The van der Waals surface area contributed by atoms with E-state index in [0.29, 0.717) is 25.1 Å². The number of carbonyl (C=O) groups excluding carboxylic acids is 2. The summed E-state index contributed by atoms with van der Waals surface area (Å²) in [5.74, 6) is 0.366. The molecular weight excluding hydrogens is 412 g/mol. The van der Waals surface area contributed by atoms with Gasteiger partial charge in [-0.05, 0) is 43.2 Å². The molecule has 3 aromatic carbocycles. The predicted molar refractivity (Wildman–Crippen MR) is 133 cm³/mol. The smallest absolute Gasteiger partial charge is 0.261 e. The summed E-state index contributed by atoms with van der Waals surface area (Å²) in [7, 11) is 0. The summed E-state index contributed by atoms with van der Waals surface area (Å²) in [6, 6.07) is 23.3. The Morgan fingerprint density at radius 2 is 1.61 bits per heavy atom. The number of rotatable bonds is 11. The number of nitrogens with one attached hydrogen (secondary N) is 1. The minimum Gasteiger partial charge on any atom is -0.483 e. The number of fused-ring (bicyclic) bond motifs is 1. The Hall–Kier alpha value is -3.34. The van der Waals surface area contributed by atoms with Crippen molar-refractivity contribution >= 4 is 22.6 Å². The fourth-order valence-corrected chi connectivity index (χ4v) is 3.88. The molecule has 0 aliphatic heterocycles. The number of nitrogens with zero attached hydrogens (tertiary/aromatic N) is 1. The van der Waals surface area contributed by atoms with Gasteiger partial charge in [0.1, 0.15) is 11.8 Å². The van der Waals surface area contributed by atoms with Crippen molar-refractivity contribution < 1.29 is 14.3 Å². The molecule has 3 rings (SSSR count). The summed E-state index contributed by atoms with van der Waals surface area (Å²) in [5, 5.41) is 5.06. The summed E-state index contributed by atoms with van der Waals surface area (Å²) < 4.78 is 5.97. The van der Waals surface area contributed by atoms with Crippen LogP contribution in [0, 0.1) is 0 Å². The maximum atomic E-state index is 13.4. The Morgan fingerprint density at radius 1 is 0.909 bits per heavy atom. The third kappa shape index (κ3) is 6.58. The molecule has 5 nitrogen and oxygen atoms in total. The van der Waals surface area contributed by atoms with E-state index in [4.69, 9.17) is 4.74 Å². The van der Waals surface area contributed by atoms with Gasteiger partial charge in [-0.15, -0.1) is 0 Å². The normalized spacial score (nSPS) is 12.7. The molecule has 5 heteroatoms. The van der Waals surface area contributed by atoms with E-state index >= 15 is 0 Å². The van der Waals surface area contributed by atoms with Crippen LogP contribution in [0.4, 0.5) is 0 Å².